The van der Waals surface area contributed by atoms with Crippen LogP contribution in [-0.4, -0.2) is 29.3 Å². The Morgan fingerprint density at radius 2 is 1.85 bits per heavy atom. The summed E-state index contributed by atoms with van der Waals surface area (Å²) < 4.78 is 0. The maximum absolute atomic E-state index is 12.8. The fraction of sp³-hybridized carbons (Fsp3) is 0.455. The molecule has 4 rings (SSSR count). The van der Waals surface area contributed by atoms with Crippen LogP contribution in [0.5, 0.6) is 0 Å². The topological polar surface area (TPSA) is 49.4 Å². The molecule has 1 heterocycles. The summed E-state index contributed by atoms with van der Waals surface area (Å²) in [4.78, 5) is 27.1. The van der Waals surface area contributed by atoms with Crippen LogP contribution in [0.25, 0.3) is 10.8 Å². The second kappa shape index (κ2) is 7.10. The van der Waals surface area contributed by atoms with E-state index in [0.29, 0.717) is 19.0 Å². The van der Waals surface area contributed by atoms with E-state index in [0.717, 1.165) is 23.8 Å². The molecule has 2 aliphatic rings. The maximum Gasteiger partial charge on any atom is 0.225 e. The lowest BCUT2D eigenvalue weighted by molar-refractivity contribution is -0.130. The van der Waals surface area contributed by atoms with Crippen LogP contribution < -0.4 is 5.32 Å². The average molecular weight is 350 g/mol. The number of hydrogen-bond donors (Lipinski definition) is 1. The van der Waals surface area contributed by atoms with E-state index in [4.69, 9.17) is 0 Å². The molecule has 1 aliphatic heterocycles. The number of carbonyl (C=O) groups is 2. The highest BCUT2D eigenvalue weighted by Gasteiger charge is 2.38. The van der Waals surface area contributed by atoms with E-state index in [1.165, 1.54) is 18.2 Å². The molecule has 4 heteroatoms. The molecule has 0 aromatic heterocycles. The van der Waals surface area contributed by atoms with Crippen molar-refractivity contribution in [3.05, 3.63) is 48.0 Å². The SMILES string of the molecule is CC(NC(=O)C1CC(=O)N(C2CCCC2)C1)c1cccc2ccccc12. The Balaban J connectivity index is 1.45. The second-order valence-electron chi connectivity index (χ2n) is 7.68. The average Bonchev–Trinajstić information content (AvgIpc) is 3.30. The quantitative estimate of drug-likeness (QED) is 0.911. The number of rotatable bonds is 4. The van der Waals surface area contributed by atoms with Gasteiger partial charge in [0.05, 0.1) is 12.0 Å². The molecule has 0 radical (unpaired) electrons. The summed E-state index contributed by atoms with van der Waals surface area (Å²) in [6, 6.07) is 14.7. The predicted octanol–water partition coefficient (Wildman–Crippen LogP) is 3.81. The van der Waals surface area contributed by atoms with Crippen molar-refractivity contribution in [2.24, 2.45) is 5.92 Å². The number of benzene rings is 2. The van der Waals surface area contributed by atoms with E-state index in [-0.39, 0.29) is 23.8 Å². The molecule has 1 aliphatic carbocycles. The second-order valence-corrected chi connectivity index (χ2v) is 7.68. The maximum atomic E-state index is 12.8. The van der Waals surface area contributed by atoms with E-state index in [1.54, 1.807) is 0 Å². The van der Waals surface area contributed by atoms with Gasteiger partial charge in [-0.25, -0.2) is 0 Å². The van der Waals surface area contributed by atoms with E-state index in [1.807, 2.05) is 30.0 Å². The molecule has 26 heavy (non-hydrogen) atoms. The first-order valence-electron chi connectivity index (χ1n) is 9.71. The van der Waals surface area contributed by atoms with Crippen molar-refractivity contribution < 1.29 is 9.59 Å². The van der Waals surface area contributed by atoms with Crippen LogP contribution in [0.2, 0.25) is 0 Å². The van der Waals surface area contributed by atoms with Crippen molar-refractivity contribution in [2.45, 2.75) is 51.1 Å². The van der Waals surface area contributed by atoms with Crippen LogP contribution in [0.1, 0.15) is 50.6 Å². The van der Waals surface area contributed by atoms with Crippen molar-refractivity contribution in [1.82, 2.24) is 10.2 Å². The van der Waals surface area contributed by atoms with Gasteiger partial charge in [-0.1, -0.05) is 55.3 Å². The molecule has 2 aromatic rings. The summed E-state index contributed by atoms with van der Waals surface area (Å²) in [5, 5.41) is 5.48. The molecule has 2 unspecified atom stereocenters. The van der Waals surface area contributed by atoms with Crippen molar-refractivity contribution in [3.63, 3.8) is 0 Å². The zero-order chi connectivity index (χ0) is 18.1. The fourth-order valence-corrected chi connectivity index (χ4v) is 4.51. The number of amides is 2. The fourth-order valence-electron chi connectivity index (χ4n) is 4.51. The monoisotopic (exact) mass is 350 g/mol. The molecule has 136 valence electrons. The molecular formula is C22H26N2O2. The van der Waals surface area contributed by atoms with Gasteiger partial charge in [-0.3, -0.25) is 9.59 Å². The first-order valence-corrected chi connectivity index (χ1v) is 9.71. The lowest BCUT2D eigenvalue weighted by Gasteiger charge is -2.24. The number of carbonyl (C=O) groups excluding carboxylic acids is 2. The summed E-state index contributed by atoms with van der Waals surface area (Å²) in [7, 11) is 0. The zero-order valence-electron chi connectivity index (χ0n) is 15.3. The number of hydrogen-bond acceptors (Lipinski definition) is 2. The van der Waals surface area contributed by atoms with Crippen LogP contribution >= 0.6 is 0 Å². The van der Waals surface area contributed by atoms with Gasteiger partial charge in [0.2, 0.25) is 11.8 Å². The summed E-state index contributed by atoms with van der Waals surface area (Å²) >= 11 is 0. The first kappa shape index (κ1) is 17.1. The Morgan fingerprint density at radius 3 is 2.65 bits per heavy atom. The normalized spacial score (nSPS) is 22.1. The molecule has 1 saturated carbocycles. The van der Waals surface area contributed by atoms with Crippen molar-refractivity contribution in [3.8, 4) is 0 Å². The van der Waals surface area contributed by atoms with Gasteiger partial charge in [-0.05, 0) is 36.1 Å². The Labute approximate surface area is 154 Å². The lowest BCUT2D eigenvalue weighted by atomic mass is 9.99. The van der Waals surface area contributed by atoms with Crippen LogP contribution in [0.3, 0.4) is 0 Å². The minimum atomic E-state index is -0.222. The van der Waals surface area contributed by atoms with Gasteiger partial charge in [0, 0.05) is 19.0 Å². The smallest absolute Gasteiger partial charge is 0.225 e. The molecule has 2 fully saturated rings. The molecule has 2 aromatic carbocycles. The van der Waals surface area contributed by atoms with Gasteiger partial charge in [0.25, 0.3) is 0 Å². The molecular weight excluding hydrogens is 324 g/mol. The minimum absolute atomic E-state index is 0.000666. The third kappa shape index (κ3) is 3.20. The first-order chi connectivity index (χ1) is 12.6. The zero-order valence-corrected chi connectivity index (χ0v) is 15.3. The van der Waals surface area contributed by atoms with Gasteiger partial charge >= 0.3 is 0 Å². The van der Waals surface area contributed by atoms with E-state index in [2.05, 4.69) is 29.6 Å². The van der Waals surface area contributed by atoms with Gasteiger partial charge < -0.3 is 10.2 Å². The van der Waals surface area contributed by atoms with Crippen LogP contribution in [-0.2, 0) is 9.59 Å². The number of fused-ring (bicyclic) bond motifs is 1. The Hall–Kier alpha value is -2.36. The van der Waals surface area contributed by atoms with Crippen molar-refractivity contribution in [2.75, 3.05) is 6.54 Å². The molecule has 2 atom stereocenters. The summed E-state index contributed by atoms with van der Waals surface area (Å²) in [5.74, 6) is -0.0744. The molecule has 1 saturated heterocycles. The Bertz CT molecular complexity index is 821. The van der Waals surface area contributed by atoms with Gasteiger partial charge in [0.15, 0.2) is 0 Å². The third-order valence-corrected chi connectivity index (χ3v) is 5.94. The lowest BCUT2D eigenvalue weighted by Crippen LogP contribution is -2.37. The van der Waals surface area contributed by atoms with Crippen LogP contribution in [0, 0.1) is 5.92 Å². The van der Waals surface area contributed by atoms with Gasteiger partial charge in [-0.2, -0.15) is 0 Å². The van der Waals surface area contributed by atoms with Gasteiger partial charge in [0.1, 0.15) is 0 Å². The standard InChI is InChI=1S/C22H26N2O2/c1-15(19-12-6-8-16-7-2-5-11-20(16)19)23-22(26)17-13-21(25)24(14-17)18-9-3-4-10-18/h2,5-8,11-12,15,17-18H,3-4,9-10,13-14H2,1H3,(H,23,26). The predicted molar refractivity (Wildman–Crippen MR) is 103 cm³/mol. The van der Waals surface area contributed by atoms with Crippen LogP contribution in [0.15, 0.2) is 42.5 Å². The Kier molecular flexibility index (Phi) is 4.66. The summed E-state index contributed by atoms with van der Waals surface area (Å²) in [5.41, 5.74) is 1.12. The summed E-state index contributed by atoms with van der Waals surface area (Å²) in [6.07, 6.45) is 4.93. The number of nitrogens with one attached hydrogen (secondary N) is 1. The van der Waals surface area contributed by atoms with E-state index >= 15 is 0 Å². The van der Waals surface area contributed by atoms with E-state index < -0.39 is 0 Å². The van der Waals surface area contributed by atoms with E-state index in [9.17, 15) is 9.59 Å². The largest absolute Gasteiger partial charge is 0.349 e. The highest BCUT2D eigenvalue weighted by Crippen LogP contribution is 2.30. The summed E-state index contributed by atoms with van der Waals surface area (Å²) in [6.45, 7) is 2.60. The highest BCUT2D eigenvalue weighted by molar-refractivity contribution is 5.90. The third-order valence-electron chi connectivity index (χ3n) is 5.94. The van der Waals surface area contributed by atoms with Crippen molar-refractivity contribution in [1.29, 1.82) is 0 Å². The van der Waals surface area contributed by atoms with Gasteiger partial charge in [-0.15, -0.1) is 0 Å². The minimum Gasteiger partial charge on any atom is -0.349 e. The molecule has 0 spiro atoms. The number of nitrogens with zero attached hydrogens (tertiary/aromatic N) is 1. The molecule has 1 N–H and O–H groups in total. The molecule has 2 amide bonds. The van der Waals surface area contributed by atoms with Crippen LogP contribution in [0.4, 0.5) is 0 Å². The number of likely N-dealkylation sites (tertiary alicyclic amines) is 1. The Morgan fingerprint density at radius 1 is 1.12 bits per heavy atom. The highest BCUT2D eigenvalue weighted by atomic mass is 16.2. The molecule has 4 nitrogen and oxygen atoms in total. The molecule has 0 bridgehead atoms. The van der Waals surface area contributed by atoms with Crippen molar-refractivity contribution >= 4 is 22.6 Å².